The second-order valence-corrected chi connectivity index (χ2v) is 8.12. The van der Waals surface area contributed by atoms with Crippen LogP contribution in [0.4, 0.5) is 5.95 Å². The number of carbonyl (C=O) groups excluding carboxylic acids is 1. The van der Waals surface area contributed by atoms with Crippen LogP contribution in [0.5, 0.6) is 0 Å². The van der Waals surface area contributed by atoms with Crippen LogP contribution in [0.3, 0.4) is 0 Å². The number of fused-ring (bicyclic) bond motifs is 1. The number of amides is 1. The summed E-state index contributed by atoms with van der Waals surface area (Å²) in [5.74, 6) is 1.09. The highest BCUT2D eigenvalue weighted by molar-refractivity contribution is 5.94. The number of anilines is 1. The molecule has 0 atom stereocenters. The Kier molecular flexibility index (Phi) is 5.16. The van der Waals surface area contributed by atoms with E-state index >= 15 is 0 Å². The van der Waals surface area contributed by atoms with Crippen molar-refractivity contribution in [3.8, 4) is 0 Å². The first kappa shape index (κ1) is 19.4. The van der Waals surface area contributed by atoms with E-state index in [0.29, 0.717) is 13.1 Å². The molecular formula is C26H26N4O. The summed E-state index contributed by atoms with van der Waals surface area (Å²) in [5, 5.41) is 0. The van der Waals surface area contributed by atoms with Gasteiger partial charge < -0.3 is 14.4 Å². The van der Waals surface area contributed by atoms with E-state index in [4.69, 9.17) is 4.98 Å². The van der Waals surface area contributed by atoms with E-state index in [0.717, 1.165) is 42.2 Å². The summed E-state index contributed by atoms with van der Waals surface area (Å²) in [4.78, 5) is 22.1. The Bertz CT molecular complexity index is 1190. The van der Waals surface area contributed by atoms with E-state index in [2.05, 4.69) is 51.9 Å². The standard InChI is InChI=1S/C26H26N4O/c1-20-11-13-22(14-12-20)25(31)28-15-17-29(18-16-28)26-27-23-9-5-6-10-24(23)30(26)19-21-7-3-2-4-8-21/h2-14H,15-19H2,1H3. The minimum atomic E-state index is 0.109. The number of piperazine rings is 1. The maximum absolute atomic E-state index is 12.9. The van der Waals surface area contributed by atoms with Crippen molar-refractivity contribution in [2.75, 3.05) is 31.1 Å². The fraction of sp³-hybridized carbons (Fsp3) is 0.231. The summed E-state index contributed by atoms with van der Waals surface area (Å²) in [6.07, 6.45) is 0. The quantitative estimate of drug-likeness (QED) is 0.502. The molecule has 31 heavy (non-hydrogen) atoms. The zero-order valence-electron chi connectivity index (χ0n) is 17.7. The van der Waals surface area contributed by atoms with Crippen molar-refractivity contribution in [3.63, 3.8) is 0 Å². The number of nitrogens with zero attached hydrogens (tertiary/aromatic N) is 4. The van der Waals surface area contributed by atoms with Crippen LogP contribution in [0, 0.1) is 6.92 Å². The van der Waals surface area contributed by atoms with Crippen molar-refractivity contribution in [1.29, 1.82) is 0 Å². The summed E-state index contributed by atoms with van der Waals surface area (Å²) in [7, 11) is 0. The van der Waals surface area contributed by atoms with Crippen LogP contribution in [0.25, 0.3) is 11.0 Å². The van der Waals surface area contributed by atoms with Crippen LogP contribution in [0.15, 0.2) is 78.9 Å². The number of carbonyl (C=O) groups is 1. The van der Waals surface area contributed by atoms with E-state index < -0.39 is 0 Å². The van der Waals surface area contributed by atoms with E-state index in [1.165, 1.54) is 11.1 Å². The number of hydrogen-bond donors (Lipinski definition) is 0. The molecule has 5 nitrogen and oxygen atoms in total. The average Bonchev–Trinajstić information content (AvgIpc) is 3.18. The topological polar surface area (TPSA) is 41.4 Å². The molecule has 1 aliphatic rings. The molecule has 0 N–H and O–H groups in total. The van der Waals surface area contributed by atoms with Crippen molar-refractivity contribution < 1.29 is 4.79 Å². The molecule has 1 amide bonds. The normalized spacial score (nSPS) is 14.2. The van der Waals surface area contributed by atoms with E-state index in [1.54, 1.807) is 0 Å². The van der Waals surface area contributed by atoms with Gasteiger partial charge in [0.15, 0.2) is 0 Å². The molecule has 4 aromatic rings. The summed E-state index contributed by atoms with van der Waals surface area (Å²) < 4.78 is 2.29. The highest BCUT2D eigenvalue weighted by Crippen LogP contribution is 2.25. The van der Waals surface area contributed by atoms with Gasteiger partial charge in [0.2, 0.25) is 5.95 Å². The molecule has 2 heterocycles. The highest BCUT2D eigenvalue weighted by atomic mass is 16.2. The smallest absolute Gasteiger partial charge is 0.253 e. The lowest BCUT2D eigenvalue weighted by Crippen LogP contribution is -2.49. The largest absolute Gasteiger partial charge is 0.339 e. The fourth-order valence-corrected chi connectivity index (χ4v) is 4.21. The SMILES string of the molecule is Cc1ccc(C(=O)N2CCN(c3nc4ccccc4n3Cc3ccccc3)CC2)cc1. The Labute approximate surface area is 182 Å². The molecule has 0 unspecified atom stereocenters. The number of benzene rings is 3. The van der Waals surface area contributed by atoms with Gasteiger partial charge in [0.1, 0.15) is 0 Å². The molecule has 0 aliphatic carbocycles. The lowest BCUT2D eigenvalue weighted by atomic mass is 10.1. The van der Waals surface area contributed by atoms with Crippen molar-refractivity contribution in [3.05, 3.63) is 95.6 Å². The number of imidazole rings is 1. The summed E-state index contributed by atoms with van der Waals surface area (Å²) >= 11 is 0. The van der Waals surface area contributed by atoms with Gasteiger partial charge in [-0.25, -0.2) is 4.98 Å². The number of aryl methyl sites for hydroxylation is 1. The van der Waals surface area contributed by atoms with Crippen molar-refractivity contribution in [2.45, 2.75) is 13.5 Å². The molecule has 1 fully saturated rings. The second kappa shape index (κ2) is 8.26. The van der Waals surface area contributed by atoms with E-state index in [1.807, 2.05) is 48.2 Å². The molecule has 0 spiro atoms. The van der Waals surface area contributed by atoms with Gasteiger partial charge in [0.05, 0.1) is 17.6 Å². The predicted octanol–water partition coefficient (Wildman–Crippen LogP) is 4.36. The van der Waals surface area contributed by atoms with Crippen molar-refractivity contribution in [1.82, 2.24) is 14.5 Å². The Balaban J connectivity index is 1.37. The Hall–Kier alpha value is -3.60. The molecule has 0 saturated carbocycles. The molecule has 1 aliphatic heterocycles. The number of aromatic nitrogens is 2. The molecule has 3 aromatic carbocycles. The van der Waals surface area contributed by atoms with Crippen molar-refractivity contribution >= 4 is 22.9 Å². The van der Waals surface area contributed by atoms with Crippen molar-refractivity contribution in [2.24, 2.45) is 0 Å². The highest BCUT2D eigenvalue weighted by Gasteiger charge is 2.25. The molecule has 0 bridgehead atoms. The van der Waals surface area contributed by atoms with Crippen LogP contribution >= 0.6 is 0 Å². The molecule has 156 valence electrons. The van der Waals surface area contributed by atoms with Gasteiger partial charge in [0, 0.05) is 31.7 Å². The van der Waals surface area contributed by atoms with Gasteiger partial charge in [-0.1, -0.05) is 60.2 Å². The number of rotatable bonds is 4. The predicted molar refractivity (Wildman–Crippen MR) is 125 cm³/mol. The first-order valence-electron chi connectivity index (χ1n) is 10.8. The molecule has 5 heteroatoms. The monoisotopic (exact) mass is 410 g/mol. The van der Waals surface area contributed by atoms with Gasteiger partial charge >= 0.3 is 0 Å². The Morgan fingerprint density at radius 2 is 1.52 bits per heavy atom. The lowest BCUT2D eigenvalue weighted by molar-refractivity contribution is 0.0746. The third-order valence-corrected chi connectivity index (χ3v) is 5.97. The third kappa shape index (κ3) is 3.91. The van der Waals surface area contributed by atoms with Gasteiger partial charge in [-0.15, -0.1) is 0 Å². The summed E-state index contributed by atoms with van der Waals surface area (Å²) in [6, 6.07) is 26.6. The molecular weight excluding hydrogens is 384 g/mol. The fourth-order valence-electron chi connectivity index (χ4n) is 4.21. The minimum Gasteiger partial charge on any atom is -0.339 e. The van der Waals surface area contributed by atoms with Gasteiger partial charge in [-0.2, -0.15) is 0 Å². The maximum Gasteiger partial charge on any atom is 0.253 e. The summed E-state index contributed by atoms with van der Waals surface area (Å²) in [5.41, 5.74) is 5.32. The zero-order chi connectivity index (χ0) is 21.2. The Morgan fingerprint density at radius 1 is 0.839 bits per heavy atom. The minimum absolute atomic E-state index is 0.109. The molecule has 1 aromatic heterocycles. The van der Waals surface area contributed by atoms with Crippen LogP contribution < -0.4 is 4.90 Å². The molecule has 5 rings (SSSR count). The molecule has 1 saturated heterocycles. The zero-order valence-corrected chi connectivity index (χ0v) is 17.7. The van der Waals surface area contributed by atoms with E-state index in [-0.39, 0.29) is 5.91 Å². The summed E-state index contributed by atoms with van der Waals surface area (Å²) in [6.45, 7) is 5.75. The molecule has 0 radical (unpaired) electrons. The number of hydrogen-bond acceptors (Lipinski definition) is 3. The van der Waals surface area contributed by atoms with E-state index in [9.17, 15) is 4.79 Å². The first-order valence-corrected chi connectivity index (χ1v) is 10.8. The van der Waals surface area contributed by atoms with Gasteiger partial charge in [-0.3, -0.25) is 4.79 Å². The van der Waals surface area contributed by atoms with Crippen LogP contribution in [-0.4, -0.2) is 46.5 Å². The number of para-hydroxylation sites is 2. The van der Waals surface area contributed by atoms with Crippen LogP contribution in [0.2, 0.25) is 0 Å². The second-order valence-electron chi connectivity index (χ2n) is 8.12. The first-order chi connectivity index (χ1) is 15.2. The maximum atomic E-state index is 12.9. The third-order valence-electron chi connectivity index (χ3n) is 5.97. The van der Waals surface area contributed by atoms with Crippen LogP contribution in [0.1, 0.15) is 21.5 Å². The van der Waals surface area contributed by atoms with Crippen LogP contribution in [-0.2, 0) is 6.54 Å². The van der Waals surface area contributed by atoms with Gasteiger partial charge in [-0.05, 0) is 36.8 Å². The van der Waals surface area contributed by atoms with Gasteiger partial charge in [0.25, 0.3) is 5.91 Å². The average molecular weight is 411 g/mol. The lowest BCUT2D eigenvalue weighted by Gasteiger charge is -2.35. The Morgan fingerprint density at radius 3 is 2.26 bits per heavy atom.